The molecule has 2 aromatic carbocycles. The Labute approximate surface area is 165 Å². The van der Waals surface area contributed by atoms with Crippen molar-refractivity contribution in [1.82, 2.24) is 14.8 Å². The topological polar surface area (TPSA) is 54.8 Å². The van der Waals surface area contributed by atoms with Crippen LogP contribution in [0.2, 0.25) is 0 Å². The first-order valence-electron chi connectivity index (χ1n) is 8.41. The van der Waals surface area contributed by atoms with Gasteiger partial charge in [-0.1, -0.05) is 18.2 Å². The Bertz CT molecular complexity index is 997. The van der Waals surface area contributed by atoms with Crippen LogP contribution in [-0.4, -0.2) is 19.9 Å². The van der Waals surface area contributed by atoms with E-state index in [1.54, 1.807) is 6.07 Å². The zero-order valence-corrected chi connectivity index (χ0v) is 16.0. The minimum Gasteiger partial charge on any atom is -0.332 e. The predicted molar refractivity (Wildman–Crippen MR) is 106 cm³/mol. The van der Waals surface area contributed by atoms with E-state index in [1.807, 2.05) is 32.0 Å². The van der Waals surface area contributed by atoms with E-state index in [4.69, 9.17) is 12.2 Å². The maximum Gasteiger partial charge on any atom is 0.416 e. The second kappa shape index (κ2) is 7.97. The fourth-order valence-corrected chi connectivity index (χ4v) is 2.75. The van der Waals surface area contributed by atoms with Crippen LogP contribution in [0, 0.1) is 13.8 Å². The molecule has 0 fully saturated rings. The van der Waals surface area contributed by atoms with E-state index in [0.29, 0.717) is 10.7 Å². The molecular weight excluding hydrogens is 387 g/mol. The molecule has 0 unspecified atom stereocenters. The second-order valence-electron chi connectivity index (χ2n) is 6.34. The van der Waals surface area contributed by atoms with Gasteiger partial charge in [-0.3, -0.25) is 5.32 Å². The highest BCUT2D eigenvalue weighted by atomic mass is 32.1. The Morgan fingerprint density at radius 3 is 2.57 bits per heavy atom. The molecule has 0 amide bonds. The van der Waals surface area contributed by atoms with Gasteiger partial charge in [-0.15, -0.1) is 5.10 Å². The summed E-state index contributed by atoms with van der Waals surface area (Å²) in [6.07, 6.45) is -2.95. The van der Waals surface area contributed by atoms with Crippen LogP contribution >= 0.6 is 12.2 Å². The van der Waals surface area contributed by atoms with Crippen molar-refractivity contribution in [3.05, 3.63) is 71.0 Å². The van der Waals surface area contributed by atoms with E-state index in [1.165, 1.54) is 22.6 Å². The molecule has 0 aliphatic rings. The number of alkyl halides is 3. The molecule has 9 heteroatoms. The number of aryl methyl sites for hydroxylation is 2. The van der Waals surface area contributed by atoms with Crippen LogP contribution in [0.15, 0.2) is 48.8 Å². The largest absolute Gasteiger partial charge is 0.416 e. The SMILES string of the molecule is Cc1ccc(NC(=S)Nc2ncn(Cc3cccc(C(F)(F)F)c3)n2)cc1C. The van der Waals surface area contributed by atoms with Gasteiger partial charge in [0.1, 0.15) is 6.33 Å². The fourth-order valence-electron chi connectivity index (χ4n) is 2.54. The molecule has 3 aromatic rings. The molecule has 0 spiro atoms. The van der Waals surface area contributed by atoms with E-state index in [0.717, 1.165) is 23.4 Å². The summed E-state index contributed by atoms with van der Waals surface area (Å²) in [5.41, 5.74) is 2.93. The summed E-state index contributed by atoms with van der Waals surface area (Å²) in [4.78, 5) is 4.09. The van der Waals surface area contributed by atoms with Crippen molar-refractivity contribution in [2.24, 2.45) is 0 Å². The maximum absolute atomic E-state index is 12.8. The van der Waals surface area contributed by atoms with Gasteiger partial charge in [0, 0.05) is 5.69 Å². The first-order chi connectivity index (χ1) is 13.2. The lowest BCUT2D eigenvalue weighted by molar-refractivity contribution is -0.137. The maximum atomic E-state index is 12.8. The molecule has 28 heavy (non-hydrogen) atoms. The van der Waals surface area contributed by atoms with E-state index < -0.39 is 11.7 Å². The van der Waals surface area contributed by atoms with Gasteiger partial charge in [0.05, 0.1) is 12.1 Å². The Morgan fingerprint density at radius 2 is 1.86 bits per heavy atom. The third-order valence-electron chi connectivity index (χ3n) is 4.13. The molecular formula is C19H18F3N5S. The number of thiocarbonyl (C=S) groups is 1. The van der Waals surface area contributed by atoms with Gasteiger partial charge in [-0.25, -0.2) is 9.67 Å². The zero-order chi connectivity index (χ0) is 20.3. The highest BCUT2D eigenvalue weighted by Crippen LogP contribution is 2.29. The molecule has 0 saturated carbocycles. The Kier molecular flexibility index (Phi) is 5.64. The van der Waals surface area contributed by atoms with Crippen LogP contribution in [0.25, 0.3) is 0 Å². The standard InChI is InChI=1S/C19H18F3N5S/c1-12-6-7-16(8-13(12)2)24-18(28)25-17-23-11-27(26-17)10-14-4-3-5-15(9-14)19(20,21)22/h3-9,11H,10H2,1-2H3,(H2,24,25,26,28). The molecule has 0 aliphatic carbocycles. The van der Waals surface area contributed by atoms with Crippen molar-refractivity contribution in [2.45, 2.75) is 26.6 Å². The van der Waals surface area contributed by atoms with Gasteiger partial charge in [0.2, 0.25) is 5.95 Å². The fraction of sp³-hybridized carbons (Fsp3) is 0.211. The Hall–Kier alpha value is -2.94. The van der Waals surface area contributed by atoms with Gasteiger partial charge in [0.15, 0.2) is 5.11 Å². The molecule has 3 rings (SSSR count). The minimum absolute atomic E-state index is 0.163. The van der Waals surface area contributed by atoms with Crippen LogP contribution in [-0.2, 0) is 12.7 Å². The summed E-state index contributed by atoms with van der Waals surface area (Å²) in [5, 5.41) is 10.4. The molecule has 0 radical (unpaired) electrons. The second-order valence-corrected chi connectivity index (χ2v) is 6.75. The van der Waals surface area contributed by atoms with Crippen LogP contribution < -0.4 is 10.6 Å². The average Bonchev–Trinajstić information content (AvgIpc) is 3.04. The molecule has 2 N–H and O–H groups in total. The molecule has 0 bridgehead atoms. The van der Waals surface area contributed by atoms with Gasteiger partial charge in [0.25, 0.3) is 0 Å². The summed E-state index contributed by atoms with van der Waals surface area (Å²) in [7, 11) is 0. The van der Waals surface area contributed by atoms with E-state index in [2.05, 4.69) is 20.7 Å². The third kappa shape index (κ3) is 5.07. The highest BCUT2D eigenvalue weighted by Gasteiger charge is 2.30. The monoisotopic (exact) mass is 405 g/mol. The van der Waals surface area contributed by atoms with Gasteiger partial charge >= 0.3 is 6.18 Å². The number of hydrogen-bond donors (Lipinski definition) is 2. The summed E-state index contributed by atoms with van der Waals surface area (Å²) in [6, 6.07) is 11.0. The quantitative estimate of drug-likeness (QED) is 0.613. The lowest BCUT2D eigenvalue weighted by Crippen LogP contribution is -2.20. The van der Waals surface area contributed by atoms with Crippen molar-refractivity contribution in [1.29, 1.82) is 0 Å². The van der Waals surface area contributed by atoms with Gasteiger partial charge < -0.3 is 5.32 Å². The molecule has 5 nitrogen and oxygen atoms in total. The van der Waals surface area contributed by atoms with Crippen LogP contribution in [0.3, 0.4) is 0 Å². The van der Waals surface area contributed by atoms with Gasteiger partial charge in [-0.2, -0.15) is 13.2 Å². The molecule has 1 heterocycles. The number of nitrogens with one attached hydrogen (secondary N) is 2. The van der Waals surface area contributed by atoms with Crippen molar-refractivity contribution in [2.75, 3.05) is 10.6 Å². The number of hydrogen-bond acceptors (Lipinski definition) is 3. The molecule has 0 atom stereocenters. The van der Waals surface area contributed by atoms with E-state index in [9.17, 15) is 13.2 Å². The lowest BCUT2D eigenvalue weighted by atomic mass is 10.1. The van der Waals surface area contributed by atoms with Crippen molar-refractivity contribution < 1.29 is 13.2 Å². The summed E-state index contributed by atoms with van der Waals surface area (Å²) >= 11 is 5.25. The molecule has 0 aliphatic heterocycles. The van der Waals surface area contributed by atoms with E-state index in [-0.39, 0.29) is 12.5 Å². The number of anilines is 2. The first-order valence-corrected chi connectivity index (χ1v) is 8.82. The summed E-state index contributed by atoms with van der Waals surface area (Å²) in [5.74, 6) is 0.258. The highest BCUT2D eigenvalue weighted by molar-refractivity contribution is 7.80. The van der Waals surface area contributed by atoms with Crippen molar-refractivity contribution in [3.63, 3.8) is 0 Å². The number of benzene rings is 2. The molecule has 146 valence electrons. The van der Waals surface area contributed by atoms with Crippen LogP contribution in [0.4, 0.5) is 24.8 Å². The summed E-state index contributed by atoms with van der Waals surface area (Å²) in [6.45, 7) is 4.20. The molecule has 0 saturated heterocycles. The number of aromatic nitrogens is 3. The van der Waals surface area contributed by atoms with Crippen LogP contribution in [0.5, 0.6) is 0 Å². The normalized spacial score (nSPS) is 11.3. The Morgan fingerprint density at radius 1 is 1.07 bits per heavy atom. The third-order valence-corrected chi connectivity index (χ3v) is 4.33. The number of rotatable bonds is 4. The average molecular weight is 405 g/mol. The van der Waals surface area contributed by atoms with Crippen LogP contribution in [0.1, 0.15) is 22.3 Å². The zero-order valence-electron chi connectivity index (χ0n) is 15.2. The molecule has 1 aromatic heterocycles. The summed E-state index contributed by atoms with van der Waals surface area (Å²) < 4.78 is 39.9. The Balaban J connectivity index is 1.62. The smallest absolute Gasteiger partial charge is 0.332 e. The minimum atomic E-state index is -4.38. The van der Waals surface area contributed by atoms with Crippen molar-refractivity contribution >= 4 is 29.0 Å². The van der Waals surface area contributed by atoms with Crippen molar-refractivity contribution in [3.8, 4) is 0 Å². The van der Waals surface area contributed by atoms with E-state index >= 15 is 0 Å². The lowest BCUT2D eigenvalue weighted by Gasteiger charge is -2.10. The number of nitrogens with zero attached hydrogens (tertiary/aromatic N) is 3. The number of halogens is 3. The first kappa shape index (κ1) is 19.8. The predicted octanol–water partition coefficient (Wildman–Crippen LogP) is 4.77. The van der Waals surface area contributed by atoms with Gasteiger partial charge in [-0.05, 0) is 67.0 Å².